The molecule has 0 aliphatic carbocycles. The summed E-state index contributed by atoms with van der Waals surface area (Å²) in [5.41, 5.74) is 0. The lowest BCUT2D eigenvalue weighted by molar-refractivity contribution is -0.873. The molecule has 0 saturated heterocycles. The summed E-state index contributed by atoms with van der Waals surface area (Å²) in [5, 5.41) is 10.9. The zero-order chi connectivity index (χ0) is 25.0. The highest BCUT2D eigenvalue weighted by Crippen LogP contribution is 2.18. The fraction of sp³-hybridized carbons (Fsp3) is 0.929. The van der Waals surface area contributed by atoms with Crippen LogP contribution in [0.5, 0.6) is 0 Å². The van der Waals surface area contributed by atoms with Gasteiger partial charge >= 0.3 is 5.97 Å². The highest BCUT2D eigenvalue weighted by molar-refractivity contribution is 5.70. The molecule has 0 amide bonds. The monoisotopic (exact) mass is 469 g/mol. The number of aliphatic carboxylic acids is 1. The van der Waals surface area contributed by atoms with Crippen molar-refractivity contribution in [3.8, 4) is 0 Å². The molecule has 0 spiro atoms. The van der Waals surface area contributed by atoms with Crippen LogP contribution in [0.1, 0.15) is 129 Å². The van der Waals surface area contributed by atoms with Crippen molar-refractivity contribution in [2.24, 2.45) is 5.92 Å². The first-order valence-electron chi connectivity index (χ1n) is 13.8. The van der Waals surface area contributed by atoms with Crippen molar-refractivity contribution in [2.75, 3.05) is 27.7 Å². The molecular formula is C28H55NO4. The van der Waals surface area contributed by atoms with Crippen molar-refractivity contribution in [2.45, 2.75) is 136 Å². The molecular weight excluding hydrogens is 414 g/mol. The topological polar surface area (TPSA) is 66.4 Å². The number of likely N-dealkylation sites (N-methyl/N-ethyl adjacent to an activating group) is 1. The normalized spacial score (nSPS) is 13.6. The molecule has 0 aliphatic rings. The van der Waals surface area contributed by atoms with Gasteiger partial charge in [0.15, 0.2) is 6.10 Å². The summed E-state index contributed by atoms with van der Waals surface area (Å²) in [6.45, 7) is 5.16. The van der Waals surface area contributed by atoms with Gasteiger partial charge in [-0.05, 0) is 12.3 Å². The van der Waals surface area contributed by atoms with Gasteiger partial charge in [0.05, 0.1) is 21.1 Å². The van der Waals surface area contributed by atoms with E-state index in [1.165, 1.54) is 83.5 Å². The van der Waals surface area contributed by atoms with Gasteiger partial charge in [0.2, 0.25) is 0 Å². The molecule has 5 nitrogen and oxygen atoms in total. The van der Waals surface area contributed by atoms with Crippen molar-refractivity contribution in [1.82, 2.24) is 0 Å². The molecule has 0 heterocycles. The molecule has 0 fully saturated rings. The number of carbonyl (C=O) groups excluding carboxylic acids is 2. The molecule has 2 unspecified atom stereocenters. The Balaban J connectivity index is 3.57. The molecule has 0 aromatic rings. The predicted molar refractivity (Wildman–Crippen MR) is 136 cm³/mol. The lowest BCUT2D eigenvalue weighted by atomic mass is 9.96. The molecule has 0 bridgehead atoms. The molecule has 2 atom stereocenters. The van der Waals surface area contributed by atoms with E-state index in [9.17, 15) is 14.7 Å². The van der Waals surface area contributed by atoms with Gasteiger partial charge in [-0.2, -0.15) is 0 Å². The van der Waals surface area contributed by atoms with Gasteiger partial charge in [0.25, 0.3) is 0 Å². The number of hydrogen-bond acceptors (Lipinski definition) is 4. The Kier molecular flexibility index (Phi) is 19.6. The third-order valence-corrected chi connectivity index (χ3v) is 6.32. The third-order valence-electron chi connectivity index (χ3n) is 6.32. The molecule has 0 aromatic heterocycles. The van der Waals surface area contributed by atoms with E-state index >= 15 is 0 Å². The van der Waals surface area contributed by atoms with Crippen molar-refractivity contribution in [3.05, 3.63) is 0 Å². The minimum atomic E-state index is -1.17. The molecule has 5 heteroatoms. The maximum Gasteiger partial charge on any atom is 0.306 e. The number of unbranched alkanes of at least 4 members (excludes halogenated alkanes) is 12. The Bertz CT molecular complexity index is 487. The van der Waals surface area contributed by atoms with Crippen LogP contribution in [0.2, 0.25) is 0 Å². The number of carbonyl (C=O) groups is 2. The van der Waals surface area contributed by atoms with Gasteiger partial charge in [0, 0.05) is 18.8 Å². The Morgan fingerprint density at radius 3 is 1.67 bits per heavy atom. The number of nitrogens with zero attached hydrogens (tertiary/aromatic N) is 1. The minimum Gasteiger partial charge on any atom is -0.550 e. The van der Waals surface area contributed by atoms with Crippen molar-refractivity contribution >= 4 is 11.9 Å². The molecule has 0 saturated carbocycles. The lowest BCUT2D eigenvalue weighted by Crippen LogP contribution is -2.45. The van der Waals surface area contributed by atoms with Crippen molar-refractivity contribution in [1.29, 1.82) is 0 Å². The molecule has 33 heavy (non-hydrogen) atoms. The summed E-state index contributed by atoms with van der Waals surface area (Å²) in [7, 11) is 5.85. The number of esters is 1. The van der Waals surface area contributed by atoms with Crippen LogP contribution in [0.3, 0.4) is 0 Å². The molecule has 0 N–H and O–H groups in total. The van der Waals surface area contributed by atoms with Gasteiger partial charge in [0.1, 0.15) is 6.54 Å². The third kappa shape index (κ3) is 23.8. The largest absolute Gasteiger partial charge is 0.550 e. The number of quaternary nitrogens is 1. The zero-order valence-electron chi connectivity index (χ0n) is 22.7. The molecule has 0 rings (SSSR count). The fourth-order valence-corrected chi connectivity index (χ4v) is 4.43. The van der Waals surface area contributed by atoms with Crippen LogP contribution in [0, 0.1) is 5.92 Å². The smallest absolute Gasteiger partial charge is 0.306 e. The van der Waals surface area contributed by atoms with E-state index in [1.807, 2.05) is 21.1 Å². The minimum absolute atomic E-state index is 0.237. The van der Waals surface area contributed by atoms with Crippen LogP contribution in [-0.4, -0.2) is 50.2 Å². The van der Waals surface area contributed by atoms with Crippen LogP contribution in [0.15, 0.2) is 0 Å². The Morgan fingerprint density at radius 1 is 0.758 bits per heavy atom. The Labute approximate surface area is 205 Å². The van der Waals surface area contributed by atoms with Crippen LogP contribution >= 0.6 is 0 Å². The Hall–Kier alpha value is -1.10. The zero-order valence-corrected chi connectivity index (χ0v) is 22.7. The SMILES string of the molecule is CCCCCCC(C)CCCCCCCCCCCCC(=O)OC(CC(=O)[O-])C[N+](C)(C)C. The second-order valence-corrected chi connectivity index (χ2v) is 11.2. The quantitative estimate of drug-likeness (QED) is 0.104. The van der Waals surface area contributed by atoms with E-state index in [2.05, 4.69) is 13.8 Å². The second-order valence-electron chi connectivity index (χ2n) is 11.2. The average molecular weight is 470 g/mol. The average Bonchev–Trinajstić information content (AvgIpc) is 2.70. The fourth-order valence-electron chi connectivity index (χ4n) is 4.43. The van der Waals surface area contributed by atoms with Crippen LogP contribution in [0.4, 0.5) is 0 Å². The molecule has 0 aromatic carbocycles. The number of hydrogen-bond donors (Lipinski definition) is 0. The first-order valence-corrected chi connectivity index (χ1v) is 13.8. The maximum absolute atomic E-state index is 12.1. The summed E-state index contributed by atoms with van der Waals surface area (Å²) in [6, 6.07) is 0. The lowest BCUT2D eigenvalue weighted by Gasteiger charge is -2.29. The van der Waals surface area contributed by atoms with Crippen LogP contribution < -0.4 is 5.11 Å². The summed E-state index contributed by atoms with van der Waals surface area (Å²) < 4.78 is 5.94. The summed E-state index contributed by atoms with van der Waals surface area (Å²) in [6.07, 6.45) is 20.2. The van der Waals surface area contributed by atoms with E-state index in [0.717, 1.165) is 25.2 Å². The van der Waals surface area contributed by atoms with E-state index in [1.54, 1.807) is 0 Å². The number of carboxylic acid groups (broad SMARTS) is 1. The van der Waals surface area contributed by atoms with Crippen LogP contribution in [0.25, 0.3) is 0 Å². The predicted octanol–water partition coefficient (Wildman–Crippen LogP) is 6.03. The van der Waals surface area contributed by atoms with E-state index in [0.29, 0.717) is 17.4 Å². The summed E-state index contributed by atoms with van der Waals surface area (Å²) >= 11 is 0. The van der Waals surface area contributed by atoms with E-state index in [-0.39, 0.29) is 12.4 Å². The van der Waals surface area contributed by atoms with E-state index in [4.69, 9.17) is 4.74 Å². The maximum atomic E-state index is 12.1. The van der Waals surface area contributed by atoms with Gasteiger partial charge in [-0.15, -0.1) is 0 Å². The summed E-state index contributed by atoms with van der Waals surface area (Å²) in [5.74, 6) is -0.560. The highest BCUT2D eigenvalue weighted by Gasteiger charge is 2.22. The number of carboxylic acids is 1. The molecule has 196 valence electrons. The molecule has 0 aliphatic heterocycles. The number of ether oxygens (including phenoxy) is 1. The van der Waals surface area contributed by atoms with Crippen molar-refractivity contribution in [3.63, 3.8) is 0 Å². The van der Waals surface area contributed by atoms with Crippen molar-refractivity contribution < 1.29 is 23.9 Å². The first-order chi connectivity index (χ1) is 15.6. The van der Waals surface area contributed by atoms with Gasteiger partial charge < -0.3 is 19.1 Å². The van der Waals surface area contributed by atoms with Gasteiger partial charge in [-0.1, -0.05) is 110 Å². The van der Waals surface area contributed by atoms with Gasteiger partial charge in [-0.3, -0.25) is 4.79 Å². The summed E-state index contributed by atoms with van der Waals surface area (Å²) in [4.78, 5) is 23.0. The van der Waals surface area contributed by atoms with Gasteiger partial charge in [-0.25, -0.2) is 0 Å². The first kappa shape index (κ1) is 31.9. The highest BCUT2D eigenvalue weighted by atomic mass is 16.5. The van der Waals surface area contributed by atoms with Crippen LogP contribution in [-0.2, 0) is 14.3 Å². The second kappa shape index (κ2) is 20.3. The Morgan fingerprint density at radius 2 is 1.21 bits per heavy atom. The van der Waals surface area contributed by atoms with E-state index < -0.39 is 12.1 Å². The molecule has 0 radical (unpaired) electrons. The number of rotatable bonds is 23. The standard InChI is InChI=1S/C28H55NO4/c1-6-7-8-17-20-25(2)21-18-15-13-11-9-10-12-14-16-19-22-28(32)33-26(23-27(30)31)24-29(3,4)5/h25-26H,6-24H2,1-5H3.